The molecule has 6 heteroatoms. The van der Waals surface area contributed by atoms with Crippen LogP contribution in [0.5, 0.6) is 17.2 Å². The van der Waals surface area contributed by atoms with Gasteiger partial charge in [0.25, 0.3) is 5.91 Å². The number of nitriles is 1. The predicted molar refractivity (Wildman–Crippen MR) is 73.3 cm³/mol. The molecule has 1 aromatic carbocycles. The zero-order chi connectivity index (χ0) is 15.1. The van der Waals surface area contributed by atoms with Crippen LogP contribution in [0, 0.1) is 11.3 Å². The average molecular weight is 278 g/mol. The fourth-order valence-electron chi connectivity index (χ4n) is 1.67. The predicted octanol–water partition coefficient (Wildman–Crippen LogP) is 1.74. The minimum Gasteiger partial charge on any atom is -0.496 e. The van der Waals surface area contributed by atoms with Crippen LogP contribution in [0.2, 0.25) is 0 Å². The van der Waals surface area contributed by atoms with Crippen LogP contribution in [0.4, 0.5) is 0 Å². The van der Waals surface area contributed by atoms with Crippen LogP contribution in [0.1, 0.15) is 23.7 Å². The van der Waals surface area contributed by atoms with E-state index in [4.69, 9.17) is 19.5 Å². The highest BCUT2D eigenvalue weighted by Crippen LogP contribution is 2.34. The second-order valence-electron chi connectivity index (χ2n) is 3.97. The normalized spacial score (nSPS) is 11.2. The first-order valence-corrected chi connectivity index (χ1v) is 6.11. The van der Waals surface area contributed by atoms with Gasteiger partial charge in [-0.25, -0.2) is 0 Å². The van der Waals surface area contributed by atoms with Crippen molar-refractivity contribution in [2.75, 3.05) is 21.3 Å². The van der Waals surface area contributed by atoms with Crippen molar-refractivity contribution in [2.24, 2.45) is 0 Å². The Hall–Kier alpha value is -2.42. The molecule has 0 radical (unpaired) electrons. The lowest BCUT2D eigenvalue weighted by molar-refractivity contribution is 0.0941. The van der Waals surface area contributed by atoms with E-state index in [0.29, 0.717) is 29.2 Å². The van der Waals surface area contributed by atoms with Crippen molar-refractivity contribution in [2.45, 2.75) is 19.4 Å². The molecule has 1 aromatic rings. The molecule has 0 saturated carbocycles. The van der Waals surface area contributed by atoms with Gasteiger partial charge in [0.05, 0.1) is 33.0 Å². The van der Waals surface area contributed by atoms with Gasteiger partial charge in [-0.05, 0) is 6.42 Å². The standard InChI is InChI=1S/C14H18N2O4/c1-5-9(8-15)16-14(17)10-6-12(19-3)13(20-4)7-11(10)18-2/h6-7,9H,5H2,1-4H3,(H,16,17). The highest BCUT2D eigenvalue weighted by Gasteiger charge is 2.19. The molecule has 1 N–H and O–H groups in total. The first-order valence-electron chi connectivity index (χ1n) is 6.11. The number of carbonyl (C=O) groups is 1. The Bertz CT molecular complexity index is 523. The number of carbonyl (C=O) groups excluding carboxylic acids is 1. The van der Waals surface area contributed by atoms with E-state index in [9.17, 15) is 4.79 Å². The Morgan fingerprint density at radius 1 is 1.20 bits per heavy atom. The van der Waals surface area contributed by atoms with E-state index in [1.807, 2.05) is 13.0 Å². The van der Waals surface area contributed by atoms with Gasteiger partial charge in [0, 0.05) is 12.1 Å². The van der Waals surface area contributed by atoms with E-state index in [-0.39, 0.29) is 0 Å². The van der Waals surface area contributed by atoms with Crippen molar-refractivity contribution in [3.05, 3.63) is 17.7 Å². The number of rotatable bonds is 6. The Labute approximate surface area is 118 Å². The van der Waals surface area contributed by atoms with Crippen molar-refractivity contribution in [3.8, 4) is 23.3 Å². The lowest BCUT2D eigenvalue weighted by atomic mass is 10.1. The van der Waals surface area contributed by atoms with Crippen LogP contribution < -0.4 is 19.5 Å². The third-order valence-electron chi connectivity index (χ3n) is 2.82. The number of hydrogen-bond acceptors (Lipinski definition) is 5. The quantitative estimate of drug-likeness (QED) is 0.857. The van der Waals surface area contributed by atoms with E-state index in [1.54, 1.807) is 6.07 Å². The SMILES string of the molecule is CCC(C#N)NC(=O)c1cc(OC)c(OC)cc1OC. The highest BCUT2D eigenvalue weighted by atomic mass is 16.5. The first kappa shape index (κ1) is 15.6. The second-order valence-corrected chi connectivity index (χ2v) is 3.97. The molecule has 6 nitrogen and oxygen atoms in total. The Balaban J connectivity index is 3.16. The fraction of sp³-hybridized carbons (Fsp3) is 0.429. The number of amides is 1. The molecule has 0 bridgehead atoms. The third-order valence-corrected chi connectivity index (χ3v) is 2.82. The summed E-state index contributed by atoms with van der Waals surface area (Å²) in [5, 5.41) is 11.5. The molecule has 1 atom stereocenters. The van der Waals surface area contributed by atoms with Crippen LogP contribution in [0.3, 0.4) is 0 Å². The molecule has 1 amide bonds. The zero-order valence-electron chi connectivity index (χ0n) is 12.0. The number of nitrogens with one attached hydrogen (secondary N) is 1. The number of methoxy groups -OCH3 is 3. The van der Waals surface area contributed by atoms with Crippen molar-refractivity contribution in [1.29, 1.82) is 5.26 Å². The minimum atomic E-state index is -0.541. The van der Waals surface area contributed by atoms with Crippen LogP contribution in [0.25, 0.3) is 0 Å². The molecule has 0 aromatic heterocycles. The van der Waals surface area contributed by atoms with Crippen LogP contribution >= 0.6 is 0 Å². The summed E-state index contributed by atoms with van der Waals surface area (Å²) < 4.78 is 15.5. The molecule has 108 valence electrons. The summed E-state index contributed by atoms with van der Waals surface area (Å²) in [6.45, 7) is 1.82. The molecular weight excluding hydrogens is 260 g/mol. The van der Waals surface area contributed by atoms with Gasteiger partial charge in [-0.3, -0.25) is 4.79 Å². The number of nitrogens with zero attached hydrogens (tertiary/aromatic N) is 1. The lowest BCUT2D eigenvalue weighted by Crippen LogP contribution is -2.33. The summed E-state index contributed by atoms with van der Waals surface area (Å²) in [6.07, 6.45) is 0.526. The molecule has 0 spiro atoms. The summed E-state index contributed by atoms with van der Waals surface area (Å²) in [5.74, 6) is 0.848. The number of hydrogen-bond donors (Lipinski definition) is 1. The van der Waals surface area contributed by atoms with Crippen molar-refractivity contribution in [1.82, 2.24) is 5.32 Å². The first-order chi connectivity index (χ1) is 9.60. The monoisotopic (exact) mass is 278 g/mol. The molecule has 0 aliphatic carbocycles. The van der Waals surface area contributed by atoms with Crippen molar-refractivity contribution in [3.63, 3.8) is 0 Å². The molecule has 1 unspecified atom stereocenters. The maximum atomic E-state index is 12.2. The summed E-state index contributed by atoms with van der Waals surface area (Å²) in [4.78, 5) is 12.2. The van der Waals surface area contributed by atoms with E-state index in [1.165, 1.54) is 27.4 Å². The summed E-state index contributed by atoms with van der Waals surface area (Å²) in [7, 11) is 4.44. The fourth-order valence-corrected chi connectivity index (χ4v) is 1.67. The largest absolute Gasteiger partial charge is 0.496 e. The molecule has 0 aliphatic rings. The van der Waals surface area contributed by atoms with Crippen molar-refractivity contribution < 1.29 is 19.0 Å². The van der Waals surface area contributed by atoms with Gasteiger partial charge in [0.2, 0.25) is 0 Å². The van der Waals surface area contributed by atoms with Gasteiger partial charge in [0.15, 0.2) is 11.5 Å². The number of ether oxygens (including phenoxy) is 3. The molecule has 1 rings (SSSR count). The lowest BCUT2D eigenvalue weighted by Gasteiger charge is -2.15. The number of benzene rings is 1. The maximum absolute atomic E-state index is 12.2. The summed E-state index contributed by atoms with van der Waals surface area (Å²) in [5.41, 5.74) is 0.291. The molecular formula is C14H18N2O4. The Kier molecular flexibility index (Phi) is 5.66. The highest BCUT2D eigenvalue weighted by molar-refractivity contribution is 5.98. The molecule has 0 fully saturated rings. The summed E-state index contributed by atoms with van der Waals surface area (Å²) >= 11 is 0. The van der Waals surface area contributed by atoms with Gasteiger partial charge < -0.3 is 19.5 Å². The minimum absolute atomic E-state index is 0.291. The van der Waals surface area contributed by atoms with Crippen LogP contribution in [-0.2, 0) is 0 Å². The molecule has 0 saturated heterocycles. The molecule has 0 heterocycles. The van der Waals surface area contributed by atoms with Crippen LogP contribution in [0.15, 0.2) is 12.1 Å². The van der Waals surface area contributed by atoms with Gasteiger partial charge in [-0.2, -0.15) is 5.26 Å². The smallest absolute Gasteiger partial charge is 0.256 e. The van der Waals surface area contributed by atoms with E-state index < -0.39 is 11.9 Å². The van der Waals surface area contributed by atoms with Gasteiger partial charge in [0.1, 0.15) is 11.8 Å². The van der Waals surface area contributed by atoms with Crippen LogP contribution in [-0.4, -0.2) is 33.3 Å². The van der Waals surface area contributed by atoms with Crippen molar-refractivity contribution >= 4 is 5.91 Å². The molecule has 0 aliphatic heterocycles. The topological polar surface area (TPSA) is 80.6 Å². The average Bonchev–Trinajstić information content (AvgIpc) is 2.50. The Morgan fingerprint density at radius 2 is 1.75 bits per heavy atom. The zero-order valence-corrected chi connectivity index (χ0v) is 12.0. The van der Waals surface area contributed by atoms with E-state index in [2.05, 4.69) is 5.32 Å². The van der Waals surface area contributed by atoms with Gasteiger partial charge in [-0.15, -0.1) is 0 Å². The summed E-state index contributed by atoms with van der Waals surface area (Å²) in [6, 6.07) is 4.57. The van der Waals surface area contributed by atoms with E-state index >= 15 is 0 Å². The van der Waals surface area contributed by atoms with E-state index in [0.717, 1.165) is 0 Å². The van der Waals surface area contributed by atoms with Gasteiger partial charge in [-0.1, -0.05) is 6.92 Å². The second kappa shape index (κ2) is 7.24. The maximum Gasteiger partial charge on any atom is 0.256 e. The molecule has 20 heavy (non-hydrogen) atoms. The third kappa shape index (κ3) is 3.32. The Morgan fingerprint density at radius 3 is 2.20 bits per heavy atom. The van der Waals surface area contributed by atoms with Gasteiger partial charge >= 0.3 is 0 Å².